The molecule has 2 unspecified atom stereocenters. The largest absolute Gasteiger partial charge is 0.320 e. The molecule has 0 aromatic carbocycles. The van der Waals surface area contributed by atoms with E-state index in [9.17, 15) is 0 Å². The van der Waals surface area contributed by atoms with Crippen LogP contribution >= 0.6 is 0 Å². The van der Waals surface area contributed by atoms with Crippen LogP contribution in [0, 0.1) is 5.92 Å². The Morgan fingerprint density at radius 3 is 2.69 bits per heavy atom. The van der Waals surface area contributed by atoms with Crippen LogP contribution in [0.3, 0.4) is 0 Å². The minimum atomic E-state index is 0.173. The Morgan fingerprint density at radius 1 is 1.54 bits per heavy atom. The molecule has 13 heavy (non-hydrogen) atoms. The quantitative estimate of drug-likeness (QED) is 0.667. The highest BCUT2D eigenvalue weighted by Gasteiger charge is 2.30. The second-order valence-corrected chi connectivity index (χ2v) is 3.89. The third-order valence-electron chi connectivity index (χ3n) is 2.35. The summed E-state index contributed by atoms with van der Waals surface area (Å²) in [5.41, 5.74) is 0. The minimum absolute atomic E-state index is 0.173. The topological polar surface area (TPSA) is 36.5 Å². The Hall–Kier alpha value is -0.160. The molecule has 0 aromatic rings. The van der Waals surface area contributed by atoms with Crippen molar-refractivity contribution in [1.82, 2.24) is 15.7 Å². The Labute approximate surface area is 80.6 Å². The molecule has 0 amide bonds. The van der Waals surface area contributed by atoms with Gasteiger partial charge in [-0.05, 0) is 25.9 Å². The molecule has 1 heterocycles. The molecule has 4 heteroatoms. The van der Waals surface area contributed by atoms with E-state index in [2.05, 4.69) is 24.5 Å². The van der Waals surface area contributed by atoms with Gasteiger partial charge in [-0.15, -0.1) is 0 Å². The molecule has 0 radical (unpaired) electrons. The third-order valence-corrected chi connectivity index (χ3v) is 2.35. The summed E-state index contributed by atoms with van der Waals surface area (Å²) >= 11 is 0. The van der Waals surface area contributed by atoms with Crippen LogP contribution in [0.1, 0.15) is 20.3 Å². The van der Waals surface area contributed by atoms with E-state index in [4.69, 9.17) is 4.84 Å². The summed E-state index contributed by atoms with van der Waals surface area (Å²) in [6, 6.07) is 0. The second kappa shape index (κ2) is 4.91. The summed E-state index contributed by atoms with van der Waals surface area (Å²) < 4.78 is 0. The summed E-state index contributed by atoms with van der Waals surface area (Å²) in [6.45, 7) is 5.33. The predicted octanol–water partition coefficient (Wildman–Crippen LogP) is 0.371. The standard InChI is InChI=1S/C9H21N3O/c1-7(2)9-11-8(5-6-10-3)12(4)13-9/h7-11H,5-6H2,1-4H3. The van der Waals surface area contributed by atoms with E-state index in [1.807, 2.05) is 19.2 Å². The number of rotatable bonds is 4. The number of hydroxylamine groups is 2. The van der Waals surface area contributed by atoms with E-state index in [1.54, 1.807) is 0 Å². The number of nitrogens with one attached hydrogen (secondary N) is 2. The van der Waals surface area contributed by atoms with Crippen molar-refractivity contribution >= 4 is 0 Å². The highest BCUT2D eigenvalue weighted by atomic mass is 16.7. The molecule has 0 bridgehead atoms. The lowest BCUT2D eigenvalue weighted by atomic mass is 10.2. The molecule has 1 aliphatic heterocycles. The van der Waals surface area contributed by atoms with E-state index < -0.39 is 0 Å². The van der Waals surface area contributed by atoms with E-state index >= 15 is 0 Å². The molecule has 0 spiro atoms. The van der Waals surface area contributed by atoms with Crippen molar-refractivity contribution < 1.29 is 4.84 Å². The van der Waals surface area contributed by atoms with Crippen LogP contribution in [0.2, 0.25) is 0 Å². The molecule has 1 fully saturated rings. The first-order valence-corrected chi connectivity index (χ1v) is 4.95. The van der Waals surface area contributed by atoms with Crippen molar-refractivity contribution in [2.45, 2.75) is 32.7 Å². The molecule has 4 nitrogen and oxygen atoms in total. The fraction of sp³-hybridized carbons (Fsp3) is 1.00. The Morgan fingerprint density at radius 2 is 2.23 bits per heavy atom. The highest BCUT2D eigenvalue weighted by molar-refractivity contribution is 4.73. The Balaban J connectivity index is 2.33. The number of hydrogen-bond donors (Lipinski definition) is 2. The first-order chi connectivity index (χ1) is 6.15. The van der Waals surface area contributed by atoms with Crippen molar-refractivity contribution in [1.29, 1.82) is 0 Å². The monoisotopic (exact) mass is 187 g/mol. The first kappa shape index (κ1) is 10.9. The zero-order chi connectivity index (χ0) is 9.84. The number of nitrogens with zero attached hydrogens (tertiary/aromatic N) is 1. The van der Waals surface area contributed by atoms with Gasteiger partial charge in [-0.25, -0.2) is 0 Å². The van der Waals surface area contributed by atoms with Gasteiger partial charge in [0.2, 0.25) is 0 Å². The van der Waals surface area contributed by atoms with Gasteiger partial charge in [0.15, 0.2) is 0 Å². The summed E-state index contributed by atoms with van der Waals surface area (Å²) in [7, 11) is 3.95. The molecule has 1 saturated heterocycles. The highest BCUT2D eigenvalue weighted by Crippen LogP contribution is 2.16. The fourth-order valence-corrected chi connectivity index (χ4v) is 1.44. The van der Waals surface area contributed by atoms with Crippen molar-refractivity contribution in [2.24, 2.45) is 5.92 Å². The Kier molecular flexibility index (Phi) is 4.12. The van der Waals surface area contributed by atoms with Gasteiger partial charge in [-0.2, -0.15) is 5.06 Å². The molecular formula is C9H21N3O. The van der Waals surface area contributed by atoms with E-state index in [1.165, 1.54) is 0 Å². The van der Waals surface area contributed by atoms with Gasteiger partial charge >= 0.3 is 0 Å². The molecule has 2 atom stereocenters. The van der Waals surface area contributed by atoms with Crippen molar-refractivity contribution in [2.75, 3.05) is 20.6 Å². The SMILES string of the molecule is CNCCC1NC(C(C)C)ON1C. The van der Waals surface area contributed by atoms with E-state index in [0.717, 1.165) is 13.0 Å². The average Bonchev–Trinajstić information content (AvgIpc) is 2.44. The van der Waals surface area contributed by atoms with E-state index in [-0.39, 0.29) is 6.23 Å². The molecule has 0 aliphatic carbocycles. The van der Waals surface area contributed by atoms with Gasteiger partial charge in [-0.1, -0.05) is 13.8 Å². The van der Waals surface area contributed by atoms with Crippen LogP contribution in [-0.4, -0.2) is 38.1 Å². The molecule has 1 aliphatic rings. The molecule has 1 rings (SSSR count). The van der Waals surface area contributed by atoms with Crippen LogP contribution in [0.5, 0.6) is 0 Å². The maximum atomic E-state index is 5.63. The van der Waals surface area contributed by atoms with Gasteiger partial charge in [0.1, 0.15) is 6.23 Å². The maximum Gasteiger partial charge on any atom is 0.133 e. The fourth-order valence-electron chi connectivity index (χ4n) is 1.44. The molecule has 0 aromatic heterocycles. The third kappa shape index (κ3) is 2.91. The zero-order valence-electron chi connectivity index (χ0n) is 9.00. The van der Waals surface area contributed by atoms with Gasteiger partial charge in [0.25, 0.3) is 0 Å². The van der Waals surface area contributed by atoms with Gasteiger partial charge in [0.05, 0.1) is 6.17 Å². The molecule has 0 saturated carbocycles. The normalized spacial score (nSPS) is 30.2. The van der Waals surface area contributed by atoms with Gasteiger partial charge < -0.3 is 5.32 Å². The summed E-state index contributed by atoms with van der Waals surface area (Å²) in [5.74, 6) is 0.516. The van der Waals surface area contributed by atoms with Crippen LogP contribution in [0.25, 0.3) is 0 Å². The molecule has 78 valence electrons. The Bertz CT molecular complexity index is 152. The van der Waals surface area contributed by atoms with Gasteiger partial charge in [-0.3, -0.25) is 10.2 Å². The maximum absolute atomic E-state index is 5.63. The van der Waals surface area contributed by atoms with Crippen molar-refractivity contribution in [3.05, 3.63) is 0 Å². The molecule has 2 N–H and O–H groups in total. The van der Waals surface area contributed by atoms with Crippen LogP contribution in [0.4, 0.5) is 0 Å². The van der Waals surface area contributed by atoms with Crippen molar-refractivity contribution in [3.8, 4) is 0 Å². The lowest BCUT2D eigenvalue weighted by Crippen LogP contribution is -2.38. The average molecular weight is 187 g/mol. The lowest BCUT2D eigenvalue weighted by Gasteiger charge is -2.15. The zero-order valence-corrected chi connectivity index (χ0v) is 9.00. The first-order valence-electron chi connectivity index (χ1n) is 4.95. The van der Waals surface area contributed by atoms with E-state index in [0.29, 0.717) is 12.1 Å². The number of hydrogen-bond acceptors (Lipinski definition) is 4. The van der Waals surface area contributed by atoms with Gasteiger partial charge in [0, 0.05) is 7.05 Å². The van der Waals surface area contributed by atoms with Crippen LogP contribution in [0.15, 0.2) is 0 Å². The van der Waals surface area contributed by atoms with Crippen LogP contribution in [-0.2, 0) is 4.84 Å². The van der Waals surface area contributed by atoms with Crippen LogP contribution < -0.4 is 10.6 Å². The predicted molar refractivity (Wildman–Crippen MR) is 52.9 cm³/mol. The minimum Gasteiger partial charge on any atom is -0.320 e. The summed E-state index contributed by atoms with van der Waals surface area (Å²) in [6.07, 6.45) is 1.59. The summed E-state index contributed by atoms with van der Waals surface area (Å²) in [5, 5.41) is 8.49. The lowest BCUT2D eigenvalue weighted by molar-refractivity contribution is -0.154. The van der Waals surface area contributed by atoms with Crippen molar-refractivity contribution in [3.63, 3.8) is 0 Å². The molecular weight excluding hydrogens is 166 g/mol. The summed E-state index contributed by atoms with van der Waals surface area (Å²) in [4.78, 5) is 5.63. The second-order valence-electron chi connectivity index (χ2n) is 3.89. The smallest absolute Gasteiger partial charge is 0.133 e.